The molecule has 17 heavy (non-hydrogen) atoms. The molecule has 0 radical (unpaired) electrons. The summed E-state index contributed by atoms with van der Waals surface area (Å²) in [5, 5.41) is 2.40. The molecule has 1 aromatic heterocycles. The van der Waals surface area contributed by atoms with Crippen LogP contribution in [0.1, 0.15) is 35.8 Å². The number of hydrogen-bond acceptors (Lipinski definition) is 3. The van der Waals surface area contributed by atoms with E-state index in [4.69, 9.17) is 10.5 Å². The van der Waals surface area contributed by atoms with Gasteiger partial charge in [0.1, 0.15) is 0 Å². The van der Waals surface area contributed by atoms with Crippen molar-refractivity contribution in [1.29, 1.82) is 0 Å². The van der Waals surface area contributed by atoms with Crippen molar-refractivity contribution in [3.63, 3.8) is 0 Å². The monoisotopic (exact) mass is 235 g/mol. The SMILES string of the molecule is Cc1cc2c(n1N1CCOCC1)CCCC2N. The molecule has 2 aliphatic rings. The van der Waals surface area contributed by atoms with E-state index in [-0.39, 0.29) is 6.04 Å². The molecule has 1 atom stereocenters. The Hall–Kier alpha value is -1.00. The number of rotatable bonds is 1. The number of nitrogens with zero attached hydrogens (tertiary/aromatic N) is 2. The molecule has 3 rings (SSSR count). The van der Waals surface area contributed by atoms with Crippen molar-refractivity contribution >= 4 is 0 Å². The van der Waals surface area contributed by atoms with E-state index in [2.05, 4.69) is 22.7 Å². The van der Waals surface area contributed by atoms with Gasteiger partial charge in [0, 0.05) is 17.4 Å². The molecule has 4 nitrogen and oxygen atoms in total. The Morgan fingerprint density at radius 1 is 1.35 bits per heavy atom. The molecule has 0 amide bonds. The van der Waals surface area contributed by atoms with Gasteiger partial charge in [-0.3, -0.25) is 4.68 Å². The maximum atomic E-state index is 6.20. The lowest BCUT2D eigenvalue weighted by Crippen LogP contribution is -2.45. The van der Waals surface area contributed by atoms with Crippen LogP contribution in [-0.4, -0.2) is 31.0 Å². The fourth-order valence-corrected chi connectivity index (χ4v) is 3.07. The second-order valence-corrected chi connectivity index (χ2v) is 5.06. The number of morpholine rings is 1. The lowest BCUT2D eigenvalue weighted by atomic mass is 9.94. The second kappa shape index (κ2) is 4.35. The number of aryl methyl sites for hydroxylation is 1. The number of nitrogens with two attached hydrogens (primary N) is 1. The number of hydrogen-bond donors (Lipinski definition) is 1. The summed E-state index contributed by atoms with van der Waals surface area (Å²) in [4.78, 5) is 0. The average Bonchev–Trinajstić information content (AvgIpc) is 2.68. The highest BCUT2D eigenvalue weighted by Crippen LogP contribution is 2.30. The van der Waals surface area contributed by atoms with Crippen molar-refractivity contribution in [3.8, 4) is 0 Å². The molecule has 0 saturated carbocycles. The Labute approximate surface area is 102 Å². The first kappa shape index (κ1) is 11.1. The van der Waals surface area contributed by atoms with Gasteiger partial charge in [0.15, 0.2) is 0 Å². The van der Waals surface area contributed by atoms with Crippen LogP contribution >= 0.6 is 0 Å². The molecule has 2 heterocycles. The van der Waals surface area contributed by atoms with Crippen molar-refractivity contribution in [2.45, 2.75) is 32.2 Å². The van der Waals surface area contributed by atoms with Gasteiger partial charge in [-0.15, -0.1) is 0 Å². The highest BCUT2D eigenvalue weighted by molar-refractivity contribution is 5.34. The minimum atomic E-state index is 0.236. The summed E-state index contributed by atoms with van der Waals surface area (Å²) in [7, 11) is 0. The highest BCUT2D eigenvalue weighted by Gasteiger charge is 2.25. The second-order valence-electron chi connectivity index (χ2n) is 5.06. The van der Waals surface area contributed by atoms with Crippen LogP contribution in [0.5, 0.6) is 0 Å². The molecule has 1 unspecified atom stereocenters. The summed E-state index contributed by atoms with van der Waals surface area (Å²) in [5.74, 6) is 0. The molecule has 1 aromatic rings. The first-order valence-corrected chi connectivity index (χ1v) is 6.57. The Kier molecular flexibility index (Phi) is 2.84. The van der Waals surface area contributed by atoms with Gasteiger partial charge >= 0.3 is 0 Å². The van der Waals surface area contributed by atoms with Gasteiger partial charge in [-0.2, -0.15) is 0 Å². The van der Waals surface area contributed by atoms with Crippen LogP contribution in [-0.2, 0) is 11.2 Å². The zero-order valence-corrected chi connectivity index (χ0v) is 10.5. The first-order valence-electron chi connectivity index (χ1n) is 6.57. The summed E-state index contributed by atoms with van der Waals surface area (Å²) in [6, 6.07) is 2.51. The zero-order valence-electron chi connectivity index (χ0n) is 10.5. The van der Waals surface area contributed by atoms with Gasteiger partial charge in [-0.25, -0.2) is 0 Å². The van der Waals surface area contributed by atoms with E-state index >= 15 is 0 Å². The summed E-state index contributed by atoms with van der Waals surface area (Å²) in [5.41, 5.74) is 10.3. The van der Waals surface area contributed by atoms with Gasteiger partial charge in [0.05, 0.1) is 26.3 Å². The Morgan fingerprint density at radius 3 is 2.88 bits per heavy atom. The molecule has 2 N–H and O–H groups in total. The molecule has 1 aliphatic carbocycles. The molecule has 4 heteroatoms. The Balaban J connectivity index is 1.98. The van der Waals surface area contributed by atoms with Crippen LogP contribution < -0.4 is 10.7 Å². The molecule has 94 valence electrons. The topological polar surface area (TPSA) is 43.4 Å². The molecule has 0 spiro atoms. The number of fused-ring (bicyclic) bond motifs is 1. The van der Waals surface area contributed by atoms with Gasteiger partial charge < -0.3 is 15.5 Å². The fourth-order valence-electron chi connectivity index (χ4n) is 3.07. The van der Waals surface area contributed by atoms with E-state index in [0.29, 0.717) is 0 Å². The van der Waals surface area contributed by atoms with Crippen molar-refractivity contribution < 1.29 is 4.74 Å². The Bertz CT molecular complexity index is 407. The maximum absolute atomic E-state index is 6.20. The zero-order chi connectivity index (χ0) is 11.8. The molecule has 1 saturated heterocycles. The van der Waals surface area contributed by atoms with Crippen LogP contribution in [0.4, 0.5) is 0 Å². The van der Waals surface area contributed by atoms with Gasteiger partial charge in [-0.05, 0) is 37.8 Å². The normalized spacial score (nSPS) is 24.8. The summed E-state index contributed by atoms with van der Waals surface area (Å²) < 4.78 is 7.81. The standard InChI is InChI=1S/C13H21N3O/c1-10-9-11-12(14)3-2-4-13(11)16(10)15-5-7-17-8-6-15/h9,12H,2-8,14H2,1H3. The minimum absolute atomic E-state index is 0.236. The van der Waals surface area contributed by atoms with Crippen LogP contribution in [0.25, 0.3) is 0 Å². The summed E-state index contributed by atoms with van der Waals surface area (Å²) in [6.07, 6.45) is 3.50. The van der Waals surface area contributed by atoms with E-state index in [9.17, 15) is 0 Å². The lowest BCUT2D eigenvalue weighted by molar-refractivity contribution is 0.110. The van der Waals surface area contributed by atoms with Crippen LogP contribution in [0, 0.1) is 6.92 Å². The minimum Gasteiger partial charge on any atom is -0.378 e. The van der Waals surface area contributed by atoms with Crippen LogP contribution in [0.3, 0.4) is 0 Å². The summed E-state index contributed by atoms with van der Waals surface area (Å²) >= 11 is 0. The Morgan fingerprint density at radius 2 is 2.12 bits per heavy atom. The van der Waals surface area contributed by atoms with E-state index < -0.39 is 0 Å². The molecule has 0 aromatic carbocycles. The summed E-state index contributed by atoms with van der Waals surface area (Å²) in [6.45, 7) is 5.81. The molecule has 1 aliphatic heterocycles. The van der Waals surface area contributed by atoms with Crippen molar-refractivity contribution in [2.75, 3.05) is 31.3 Å². The van der Waals surface area contributed by atoms with E-state index in [0.717, 1.165) is 39.1 Å². The predicted molar refractivity (Wildman–Crippen MR) is 67.8 cm³/mol. The van der Waals surface area contributed by atoms with E-state index in [1.54, 1.807) is 0 Å². The van der Waals surface area contributed by atoms with E-state index in [1.807, 2.05) is 0 Å². The third kappa shape index (κ3) is 1.85. The fraction of sp³-hybridized carbons (Fsp3) is 0.692. The van der Waals surface area contributed by atoms with Gasteiger partial charge in [0.25, 0.3) is 0 Å². The highest BCUT2D eigenvalue weighted by atomic mass is 16.5. The van der Waals surface area contributed by atoms with Crippen LogP contribution in [0.15, 0.2) is 6.07 Å². The molecular weight excluding hydrogens is 214 g/mol. The number of ether oxygens (including phenoxy) is 1. The van der Waals surface area contributed by atoms with Crippen molar-refractivity contribution in [3.05, 3.63) is 23.0 Å². The largest absolute Gasteiger partial charge is 0.378 e. The smallest absolute Gasteiger partial charge is 0.0658 e. The van der Waals surface area contributed by atoms with Crippen molar-refractivity contribution in [2.24, 2.45) is 5.73 Å². The molecule has 0 bridgehead atoms. The van der Waals surface area contributed by atoms with Crippen molar-refractivity contribution in [1.82, 2.24) is 4.68 Å². The quantitative estimate of drug-likeness (QED) is 0.792. The number of aromatic nitrogens is 1. The van der Waals surface area contributed by atoms with Gasteiger partial charge in [-0.1, -0.05) is 0 Å². The van der Waals surface area contributed by atoms with E-state index in [1.165, 1.54) is 23.4 Å². The van der Waals surface area contributed by atoms with Gasteiger partial charge in [0.2, 0.25) is 0 Å². The third-order valence-corrected chi connectivity index (χ3v) is 3.89. The maximum Gasteiger partial charge on any atom is 0.0658 e. The first-order chi connectivity index (χ1) is 8.27. The predicted octanol–water partition coefficient (Wildman–Crippen LogP) is 1.10. The average molecular weight is 235 g/mol. The third-order valence-electron chi connectivity index (χ3n) is 3.89. The molecular formula is C13H21N3O. The molecule has 1 fully saturated rings. The lowest BCUT2D eigenvalue weighted by Gasteiger charge is -2.34. The van der Waals surface area contributed by atoms with Crippen LogP contribution in [0.2, 0.25) is 0 Å².